The smallest absolute Gasteiger partial charge is 0.236 e. The van der Waals surface area contributed by atoms with Gasteiger partial charge in [0.2, 0.25) is 5.91 Å². The Morgan fingerprint density at radius 1 is 1.08 bits per heavy atom. The molecule has 4 atom stereocenters. The molecule has 1 aliphatic heterocycles. The van der Waals surface area contributed by atoms with Crippen molar-refractivity contribution in [2.45, 2.75) is 11.8 Å². The van der Waals surface area contributed by atoms with Crippen LogP contribution in [0.25, 0.3) is 0 Å². The third-order valence-electron chi connectivity index (χ3n) is 6.03. The molecule has 3 nitrogen and oxygen atoms in total. The Morgan fingerprint density at radius 2 is 1.84 bits per heavy atom. The molecular weight excluding hydrogens is 334 g/mol. The number of nitrogens with one attached hydrogen (secondary N) is 1. The zero-order chi connectivity index (χ0) is 17.2. The van der Waals surface area contributed by atoms with Crippen molar-refractivity contribution in [3.63, 3.8) is 0 Å². The summed E-state index contributed by atoms with van der Waals surface area (Å²) in [5.41, 5.74) is 1.63. The molecule has 3 aliphatic rings. The Bertz CT molecular complexity index is 933. The van der Waals surface area contributed by atoms with Crippen LogP contribution in [0.5, 0.6) is 0 Å². The molecule has 4 heteroatoms. The number of hydrogen-bond acceptors (Lipinski definition) is 2. The molecule has 0 aromatic heterocycles. The number of carbonyl (C=O) groups is 2. The highest BCUT2D eigenvalue weighted by molar-refractivity contribution is 6.30. The number of rotatable bonds is 2. The molecule has 124 valence electrons. The normalized spacial score (nSPS) is 31.4. The summed E-state index contributed by atoms with van der Waals surface area (Å²) in [7, 11) is 0. The number of amides is 1. The maximum Gasteiger partial charge on any atom is 0.236 e. The van der Waals surface area contributed by atoms with Crippen molar-refractivity contribution in [2.75, 3.05) is 5.32 Å². The van der Waals surface area contributed by atoms with E-state index in [-0.39, 0.29) is 29.4 Å². The summed E-state index contributed by atoms with van der Waals surface area (Å²) in [5, 5.41) is 3.61. The summed E-state index contributed by atoms with van der Waals surface area (Å²) in [6.45, 7) is 0. The lowest BCUT2D eigenvalue weighted by Crippen LogP contribution is -2.48. The van der Waals surface area contributed by atoms with Gasteiger partial charge in [0.25, 0.3) is 0 Å². The Hall–Kier alpha value is -2.39. The van der Waals surface area contributed by atoms with Crippen LogP contribution in [-0.2, 0) is 10.2 Å². The van der Waals surface area contributed by atoms with E-state index in [9.17, 15) is 9.59 Å². The van der Waals surface area contributed by atoms with Gasteiger partial charge in [-0.1, -0.05) is 42.0 Å². The van der Waals surface area contributed by atoms with Crippen LogP contribution in [-0.4, -0.2) is 11.7 Å². The molecule has 0 unspecified atom stereocenters. The van der Waals surface area contributed by atoms with Gasteiger partial charge in [0.05, 0.1) is 5.41 Å². The van der Waals surface area contributed by atoms with Crippen molar-refractivity contribution in [3.05, 3.63) is 76.8 Å². The van der Waals surface area contributed by atoms with Crippen LogP contribution < -0.4 is 5.32 Å². The topological polar surface area (TPSA) is 46.2 Å². The van der Waals surface area contributed by atoms with Crippen molar-refractivity contribution in [1.82, 2.24) is 0 Å². The average molecular weight is 350 g/mol. The predicted octanol–water partition coefficient (Wildman–Crippen LogP) is 4.23. The standard InChI is InChI=1S/C21H16ClNO2/c22-15-9-6-12(7-10-15)19(24)18-13-5-8-14(11-13)21(18)16-3-1-2-4-17(16)23-20(21)25/h1-10,13-14,18H,11H2,(H,23,25)/t13-,14-,18+,21-/m0/s1. The first-order chi connectivity index (χ1) is 12.1. The molecule has 2 aromatic rings. The first-order valence-electron chi connectivity index (χ1n) is 8.51. The van der Waals surface area contributed by atoms with Crippen LogP contribution in [0.4, 0.5) is 5.69 Å². The number of ketones is 1. The summed E-state index contributed by atoms with van der Waals surface area (Å²) in [5.74, 6) is -0.210. The number of halogens is 1. The summed E-state index contributed by atoms with van der Waals surface area (Å²) >= 11 is 5.96. The van der Waals surface area contributed by atoms with E-state index in [1.54, 1.807) is 24.3 Å². The molecule has 0 radical (unpaired) electrons. The van der Waals surface area contributed by atoms with Crippen molar-refractivity contribution in [2.24, 2.45) is 17.8 Å². The fourth-order valence-corrected chi connectivity index (χ4v) is 5.18. The highest BCUT2D eigenvalue weighted by Crippen LogP contribution is 2.61. The number of allylic oxidation sites excluding steroid dienone is 2. The van der Waals surface area contributed by atoms with Crippen LogP contribution >= 0.6 is 11.6 Å². The Kier molecular flexibility index (Phi) is 3.02. The molecule has 1 fully saturated rings. The lowest BCUT2D eigenvalue weighted by molar-refractivity contribution is -0.122. The molecule has 1 spiro atoms. The third kappa shape index (κ3) is 1.82. The van der Waals surface area contributed by atoms with Gasteiger partial charge >= 0.3 is 0 Å². The second kappa shape index (κ2) is 5.06. The van der Waals surface area contributed by atoms with E-state index in [1.165, 1.54) is 0 Å². The van der Waals surface area contributed by atoms with Crippen LogP contribution in [0, 0.1) is 17.8 Å². The Morgan fingerprint density at radius 3 is 2.64 bits per heavy atom. The molecule has 0 saturated heterocycles. The second-order valence-corrected chi connectivity index (χ2v) is 7.54. The summed E-state index contributed by atoms with van der Waals surface area (Å²) in [6, 6.07) is 14.7. The van der Waals surface area contributed by atoms with Crippen LogP contribution in [0.1, 0.15) is 22.3 Å². The maximum absolute atomic E-state index is 13.4. The lowest BCUT2D eigenvalue weighted by Gasteiger charge is -2.36. The van der Waals surface area contributed by atoms with Crippen LogP contribution in [0.15, 0.2) is 60.7 Å². The first-order valence-corrected chi connectivity index (χ1v) is 8.89. The van der Waals surface area contributed by atoms with Gasteiger partial charge < -0.3 is 5.32 Å². The zero-order valence-corrected chi connectivity index (χ0v) is 14.2. The fourth-order valence-electron chi connectivity index (χ4n) is 5.05. The van der Waals surface area contributed by atoms with Crippen molar-refractivity contribution in [1.29, 1.82) is 0 Å². The average Bonchev–Trinajstić information content (AvgIpc) is 3.29. The molecule has 25 heavy (non-hydrogen) atoms. The minimum Gasteiger partial charge on any atom is -0.325 e. The summed E-state index contributed by atoms with van der Waals surface area (Å²) in [4.78, 5) is 26.5. The van der Waals surface area contributed by atoms with E-state index in [0.717, 1.165) is 17.7 Å². The SMILES string of the molecule is O=C(c1ccc(Cl)cc1)[C@H]1[C@H]2C=C[C@@H](C2)[C@@]12C(=O)Nc1ccccc12. The van der Waals surface area contributed by atoms with Crippen LogP contribution in [0.3, 0.4) is 0 Å². The second-order valence-electron chi connectivity index (χ2n) is 7.11. The quantitative estimate of drug-likeness (QED) is 0.651. The number of para-hydroxylation sites is 1. The van der Waals surface area contributed by atoms with E-state index in [1.807, 2.05) is 24.3 Å². The van der Waals surface area contributed by atoms with Crippen LogP contribution in [0.2, 0.25) is 5.02 Å². The lowest BCUT2D eigenvalue weighted by atomic mass is 9.63. The van der Waals surface area contributed by atoms with Gasteiger partial charge in [-0.15, -0.1) is 0 Å². The predicted molar refractivity (Wildman–Crippen MR) is 96.8 cm³/mol. The molecule has 5 rings (SSSR count). The highest BCUT2D eigenvalue weighted by atomic mass is 35.5. The summed E-state index contributed by atoms with van der Waals surface area (Å²) in [6.07, 6.45) is 5.09. The largest absolute Gasteiger partial charge is 0.325 e. The van der Waals surface area contributed by atoms with Crippen molar-refractivity contribution < 1.29 is 9.59 Å². The molecule has 1 heterocycles. The molecule has 2 aliphatic carbocycles. The number of benzene rings is 2. The first kappa shape index (κ1) is 14.9. The number of carbonyl (C=O) groups excluding carboxylic acids is 2. The van der Waals surface area contributed by atoms with E-state index < -0.39 is 5.41 Å². The van der Waals surface area contributed by atoms with Gasteiger partial charge in [0.1, 0.15) is 0 Å². The number of fused-ring (bicyclic) bond motifs is 5. The zero-order valence-electron chi connectivity index (χ0n) is 13.4. The van der Waals surface area contributed by atoms with E-state index in [0.29, 0.717) is 10.6 Å². The fraction of sp³-hybridized carbons (Fsp3) is 0.238. The number of hydrogen-bond donors (Lipinski definition) is 1. The van der Waals surface area contributed by atoms with Gasteiger partial charge in [-0.2, -0.15) is 0 Å². The molecule has 1 saturated carbocycles. The molecular formula is C21H16ClNO2. The van der Waals surface area contributed by atoms with Crippen molar-refractivity contribution in [3.8, 4) is 0 Å². The number of anilines is 1. The third-order valence-corrected chi connectivity index (χ3v) is 6.28. The van der Waals surface area contributed by atoms with Gasteiger partial charge in [-0.05, 0) is 54.2 Å². The molecule has 2 aromatic carbocycles. The Labute approximate surface area is 150 Å². The van der Waals surface area contributed by atoms with E-state index >= 15 is 0 Å². The molecule has 1 N–H and O–H groups in total. The van der Waals surface area contributed by atoms with E-state index in [2.05, 4.69) is 17.5 Å². The van der Waals surface area contributed by atoms with Gasteiger partial charge in [-0.25, -0.2) is 0 Å². The monoisotopic (exact) mass is 349 g/mol. The molecule has 1 amide bonds. The summed E-state index contributed by atoms with van der Waals surface area (Å²) < 4.78 is 0. The highest BCUT2D eigenvalue weighted by Gasteiger charge is 2.66. The number of Topliss-reactive ketones (excluding diaryl/α,β-unsaturated/α-hetero) is 1. The van der Waals surface area contributed by atoms with Gasteiger partial charge in [0, 0.05) is 22.2 Å². The maximum atomic E-state index is 13.4. The van der Waals surface area contributed by atoms with Gasteiger partial charge in [-0.3, -0.25) is 9.59 Å². The Balaban J connectivity index is 1.69. The van der Waals surface area contributed by atoms with E-state index in [4.69, 9.17) is 11.6 Å². The molecule has 2 bridgehead atoms. The van der Waals surface area contributed by atoms with Crippen molar-refractivity contribution >= 4 is 29.0 Å². The van der Waals surface area contributed by atoms with Gasteiger partial charge in [0.15, 0.2) is 5.78 Å². The minimum absolute atomic E-state index is 0.0281. The minimum atomic E-state index is -0.785.